The first-order valence-corrected chi connectivity index (χ1v) is 12.9. The first-order valence-electron chi connectivity index (χ1n) is 12.1. The van der Waals surface area contributed by atoms with Gasteiger partial charge in [-0.2, -0.15) is 5.10 Å². The van der Waals surface area contributed by atoms with Crippen LogP contribution < -0.4 is 5.43 Å². The summed E-state index contributed by atoms with van der Waals surface area (Å²) in [5.41, 5.74) is 7.42. The van der Waals surface area contributed by atoms with Crippen LogP contribution in [-0.4, -0.2) is 11.2 Å². The minimum atomic E-state index is 0.709. The topological polar surface area (TPSA) is 50.4 Å². The molecule has 1 N–H and O–H groups in total. The van der Waals surface area contributed by atoms with Gasteiger partial charge in [0.1, 0.15) is 11.3 Å². The summed E-state index contributed by atoms with van der Waals surface area (Å²) in [6, 6.07) is 37.7. The second kappa shape index (κ2) is 9.04. The Morgan fingerprint density at radius 1 is 0.703 bits per heavy atom. The van der Waals surface area contributed by atoms with Crippen LogP contribution >= 0.6 is 11.3 Å². The number of hydrazone groups is 1. The van der Waals surface area contributed by atoms with Gasteiger partial charge >= 0.3 is 0 Å². The molecule has 5 aromatic carbocycles. The molecule has 0 fully saturated rings. The Balaban J connectivity index is 1.16. The summed E-state index contributed by atoms with van der Waals surface area (Å²) in [6.45, 7) is 0. The smallest absolute Gasteiger partial charge is 0.203 e. The van der Waals surface area contributed by atoms with E-state index in [0.717, 1.165) is 27.2 Å². The zero-order valence-electron chi connectivity index (χ0n) is 19.8. The molecule has 0 aliphatic rings. The molecular weight excluding hydrogens is 474 g/mol. The van der Waals surface area contributed by atoms with Crippen LogP contribution in [0.3, 0.4) is 0 Å². The van der Waals surface area contributed by atoms with Crippen molar-refractivity contribution in [1.82, 2.24) is 4.98 Å². The quantitative estimate of drug-likeness (QED) is 0.147. The molecule has 4 nitrogen and oxygen atoms in total. The van der Waals surface area contributed by atoms with E-state index in [2.05, 4.69) is 113 Å². The number of aromatic nitrogens is 1. The van der Waals surface area contributed by atoms with Gasteiger partial charge in [-0.1, -0.05) is 96.3 Å². The van der Waals surface area contributed by atoms with Gasteiger partial charge in [-0.05, 0) is 56.9 Å². The Labute approximate surface area is 217 Å². The predicted molar refractivity (Wildman–Crippen MR) is 155 cm³/mol. The third-order valence-corrected chi connectivity index (χ3v) is 7.46. The van der Waals surface area contributed by atoms with Crippen molar-refractivity contribution in [1.29, 1.82) is 0 Å². The van der Waals surface area contributed by atoms with Crippen LogP contribution in [0.4, 0.5) is 5.13 Å². The number of nitrogens with zero attached hydrogens (tertiary/aromatic N) is 2. The summed E-state index contributed by atoms with van der Waals surface area (Å²) in [5, 5.41) is 11.1. The molecule has 37 heavy (non-hydrogen) atoms. The molecule has 0 radical (unpaired) electrons. The number of rotatable bonds is 5. The SMILES string of the molecule is C(=NNc1ncc(-c2cc3cc(-c4ccccc4)ccc3o2)s1)c1c2ccccc2cc2ccccc12. The van der Waals surface area contributed by atoms with E-state index in [4.69, 9.17) is 4.42 Å². The van der Waals surface area contributed by atoms with Crippen LogP contribution in [0.5, 0.6) is 0 Å². The zero-order valence-corrected chi connectivity index (χ0v) is 20.6. The van der Waals surface area contributed by atoms with Crippen LogP contribution in [0.25, 0.3) is 54.3 Å². The molecule has 0 bridgehead atoms. The number of fused-ring (bicyclic) bond motifs is 3. The molecule has 2 heterocycles. The van der Waals surface area contributed by atoms with E-state index in [0.29, 0.717) is 5.13 Å². The maximum absolute atomic E-state index is 6.13. The second-order valence-corrected chi connectivity index (χ2v) is 9.89. The highest BCUT2D eigenvalue weighted by Crippen LogP contribution is 2.35. The van der Waals surface area contributed by atoms with Crippen LogP contribution in [-0.2, 0) is 0 Å². The lowest BCUT2D eigenvalue weighted by molar-refractivity contribution is 0.633. The largest absolute Gasteiger partial charge is 0.455 e. The van der Waals surface area contributed by atoms with E-state index < -0.39 is 0 Å². The van der Waals surface area contributed by atoms with Gasteiger partial charge < -0.3 is 4.42 Å². The van der Waals surface area contributed by atoms with Gasteiger partial charge in [0.2, 0.25) is 5.13 Å². The second-order valence-electron chi connectivity index (χ2n) is 8.86. The van der Waals surface area contributed by atoms with E-state index in [1.807, 2.05) is 24.5 Å². The fourth-order valence-corrected chi connectivity index (χ4v) is 5.47. The van der Waals surface area contributed by atoms with Crippen molar-refractivity contribution in [3.8, 4) is 21.8 Å². The number of anilines is 1. The van der Waals surface area contributed by atoms with Crippen LogP contribution in [0.15, 0.2) is 125 Å². The van der Waals surface area contributed by atoms with Gasteiger partial charge in [-0.15, -0.1) is 0 Å². The summed E-state index contributed by atoms with van der Waals surface area (Å²) in [6.07, 6.45) is 3.71. The van der Waals surface area contributed by atoms with Gasteiger partial charge in [0, 0.05) is 10.9 Å². The van der Waals surface area contributed by atoms with Crippen molar-refractivity contribution in [3.63, 3.8) is 0 Å². The van der Waals surface area contributed by atoms with E-state index in [1.165, 1.54) is 44.0 Å². The molecular formula is C32H21N3OS. The number of thiazole rings is 1. The number of hydrogen-bond acceptors (Lipinski definition) is 5. The van der Waals surface area contributed by atoms with Crippen molar-refractivity contribution in [2.24, 2.45) is 5.10 Å². The van der Waals surface area contributed by atoms with Crippen molar-refractivity contribution in [2.45, 2.75) is 0 Å². The third kappa shape index (κ3) is 4.05. The van der Waals surface area contributed by atoms with E-state index in [-0.39, 0.29) is 0 Å². The number of benzene rings is 5. The molecule has 0 spiro atoms. The Morgan fingerprint density at radius 3 is 2.22 bits per heavy atom. The molecule has 0 aliphatic heterocycles. The van der Waals surface area contributed by atoms with Crippen molar-refractivity contribution in [3.05, 3.63) is 121 Å². The van der Waals surface area contributed by atoms with E-state index >= 15 is 0 Å². The summed E-state index contributed by atoms with van der Waals surface area (Å²) >= 11 is 1.51. The average Bonchev–Trinajstić information content (AvgIpc) is 3.60. The highest BCUT2D eigenvalue weighted by Gasteiger charge is 2.11. The fraction of sp³-hybridized carbons (Fsp3) is 0. The lowest BCUT2D eigenvalue weighted by Crippen LogP contribution is -1.92. The Bertz CT molecular complexity index is 1860. The molecule has 176 valence electrons. The predicted octanol–water partition coefficient (Wildman–Crippen LogP) is 8.98. The highest BCUT2D eigenvalue weighted by molar-refractivity contribution is 7.18. The molecule has 0 unspecified atom stereocenters. The molecule has 0 saturated carbocycles. The van der Waals surface area contributed by atoms with Gasteiger partial charge in [-0.3, -0.25) is 5.43 Å². The molecule has 7 rings (SSSR count). The molecule has 7 aromatic rings. The minimum Gasteiger partial charge on any atom is -0.455 e. The van der Waals surface area contributed by atoms with Gasteiger partial charge in [0.25, 0.3) is 0 Å². The van der Waals surface area contributed by atoms with Crippen LogP contribution in [0, 0.1) is 0 Å². The maximum Gasteiger partial charge on any atom is 0.203 e. The Kier molecular flexibility index (Phi) is 5.26. The molecule has 0 aliphatic carbocycles. The lowest BCUT2D eigenvalue weighted by Gasteiger charge is -2.07. The summed E-state index contributed by atoms with van der Waals surface area (Å²) < 4.78 is 6.13. The third-order valence-electron chi connectivity index (χ3n) is 6.54. The Hall–Kier alpha value is -4.74. The number of hydrogen-bond donors (Lipinski definition) is 1. The lowest BCUT2D eigenvalue weighted by atomic mass is 9.97. The molecule has 2 aromatic heterocycles. The fourth-order valence-electron chi connectivity index (χ4n) is 4.75. The van der Waals surface area contributed by atoms with Crippen LogP contribution in [0.1, 0.15) is 5.56 Å². The Morgan fingerprint density at radius 2 is 1.43 bits per heavy atom. The number of furan rings is 1. The first-order chi connectivity index (χ1) is 18.3. The molecule has 5 heteroatoms. The maximum atomic E-state index is 6.13. The summed E-state index contributed by atoms with van der Waals surface area (Å²) in [4.78, 5) is 5.47. The summed E-state index contributed by atoms with van der Waals surface area (Å²) in [5.74, 6) is 0.801. The molecule has 0 atom stereocenters. The van der Waals surface area contributed by atoms with E-state index in [1.54, 1.807) is 0 Å². The van der Waals surface area contributed by atoms with Gasteiger partial charge in [0.15, 0.2) is 0 Å². The van der Waals surface area contributed by atoms with Crippen molar-refractivity contribution < 1.29 is 4.42 Å². The normalized spacial score (nSPS) is 11.7. The minimum absolute atomic E-state index is 0.709. The van der Waals surface area contributed by atoms with Gasteiger partial charge in [-0.25, -0.2) is 4.98 Å². The highest BCUT2D eigenvalue weighted by atomic mass is 32.1. The van der Waals surface area contributed by atoms with E-state index in [9.17, 15) is 0 Å². The zero-order chi connectivity index (χ0) is 24.6. The monoisotopic (exact) mass is 495 g/mol. The summed E-state index contributed by atoms with van der Waals surface area (Å²) in [7, 11) is 0. The molecule has 0 amide bonds. The van der Waals surface area contributed by atoms with Crippen molar-refractivity contribution >= 4 is 55.2 Å². The average molecular weight is 496 g/mol. The van der Waals surface area contributed by atoms with Gasteiger partial charge in [0.05, 0.1) is 17.3 Å². The molecule has 0 saturated heterocycles. The van der Waals surface area contributed by atoms with Crippen LogP contribution in [0.2, 0.25) is 0 Å². The van der Waals surface area contributed by atoms with Crippen molar-refractivity contribution in [2.75, 3.05) is 5.43 Å². The standard InChI is InChI=1S/C32H21N3OS/c1-2-8-21(9-3-1)22-14-15-29-25(16-22)18-30(36-29)31-20-33-32(37-31)35-34-19-28-26-12-6-4-10-23(26)17-24-11-5-7-13-27(24)28/h1-20H,(H,33,35). The number of nitrogens with one attached hydrogen (secondary N) is 1. The first kappa shape index (κ1) is 21.5.